The second kappa shape index (κ2) is 7.83. The van der Waals surface area contributed by atoms with Crippen molar-refractivity contribution in [3.05, 3.63) is 86.8 Å². The van der Waals surface area contributed by atoms with E-state index in [1.807, 2.05) is 47.1 Å². The molecule has 2 aliphatic heterocycles. The number of aromatic nitrogens is 3. The second-order valence-corrected chi connectivity index (χ2v) is 9.07. The van der Waals surface area contributed by atoms with Crippen LogP contribution in [0.3, 0.4) is 0 Å². The van der Waals surface area contributed by atoms with E-state index in [9.17, 15) is 0 Å². The number of benzene rings is 2. The van der Waals surface area contributed by atoms with Crippen molar-refractivity contribution in [3.63, 3.8) is 0 Å². The highest BCUT2D eigenvalue weighted by Crippen LogP contribution is 2.52. The highest BCUT2D eigenvalue weighted by molar-refractivity contribution is 7.10. The molecule has 2 aromatic carbocycles. The Morgan fingerprint density at radius 2 is 1.97 bits per heavy atom. The highest BCUT2D eigenvalue weighted by Gasteiger charge is 2.41. The van der Waals surface area contributed by atoms with Gasteiger partial charge in [0.2, 0.25) is 5.95 Å². The Kier molecular flexibility index (Phi) is 4.78. The predicted molar refractivity (Wildman–Crippen MR) is 127 cm³/mol. The molecule has 0 radical (unpaired) electrons. The van der Waals surface area contributed by atoms with Crippen molar-refractivity contribution in [3.8, 4) is 17.2 Å². The van der Waals surface area contributed by atoms with E-state index >= 15 is 0 Å². The Balaban J connectivity index is 1.61. The normalized spacial score (nSPS) is 18.5. The van der Waals surface area contributed by atoms with Gasteiger partial charge in [-0.2, -0.15) is 10.1 Å². The Morgan fingerprint density at radius 1 is 1.09 bits per heavy atom. The minimum Gasteiger partial charge on any atom is -0.493 e. The number of methoxy groups -OCH3 is 2. The number of hydrogen-bond donors (Lipinski definition) is 1. The lowest BCUT2D eigenvalue weighted by molar-refractivity contribution is 0.222. The van der Waals surface area contributed by atoms with Crippen LogP contribution in [0.1, 0.15) is 28.1 Å². The summed E-state index contributed by atoms with van der Waals surface area (Å²) < 4.78 is 19.5. The van der Waals surface area contributed by atoms with E-state index in [0.29, 0.717) is 22.5 Å². The van der Waals surface area contributed by atoms with Crippen LogP contribution in [0.15, 0.2) is 65.8 Å². The van der Waals surface area contributed by atoms with E-state index < -0.39 is 6.10 Å². The van der Waals surface area contributed by atoms with Gasteiger partial charge < -0.3 is 19.5 Å². The molecule has 0 fully saturated rings. The quantitative estimate of drug-likeness (QED) is 0.413. The number of hydrogen-bond acceptors (Lipinski definition) is 7. The summed E-state index contributed by atoms with van der Waals surface area (Å²) in [6, 6.07) is 15.5. The number of halogens is 1. The molecule has 0 bridgehead atoms. The number of anilines is 1. The van der Waals surface area contributed by atoms with Crippen molar-refractivity contribution < 1.29 is 14.2 Å². The average Bonchev–Trinajstić information content (AvgIpc) is 3.54. The number of thiophene rings is 1. The first-order chi connectivity index (χ1) is 16.2. The van der Waals surface area contributed by atoms with E-state index in [-0.39, 0.29) is 6.04 Å². The van der Waals surface area contributed by atoms with Gasteiger partial charge in [-0.25, -0.2) is 4.68 Å². The van der Waals surface area contributed by atoms with Crippen LogP contribution in [0.4, 0.5) is 5.95 Å². The van der Waals surface area contributed by atoms with Gasteiger partial charge in [-0.3, -0.25) is 0 Å². The number of nitrogens with zero attached hydrogens (tertiary/aromatic N) is 3. The van der Waals surface area contributed by atoms with Crippen molar-refractivity contribution in [1.82, 2.24) is 14.8 Å². The molecule has 7 nitrogen and oxygen atoms in total. The number of nitrogens with one attached hydrogen (secondary N) is 1. The third kappa shape index (κ3) is 3.17. The smallest absolute Gasteiger partial charge is 0.226 e. The minimum absolute atomic E-state index is 0.191. The van der Waals surface area contributed by atoms with Crippen LogP contribution in [0, 0.1) is 0 Å². The molecule has 1 N–H and O–H groups in total. The zero-order valence-corrected chi connectivity index (χ0v) is 19.4. The second-order valence-electron chi connectivity index (χ2n) is 7.65. The maximum absolute atomic E-state index is 6.63. The molecule has 166 valence electrons. The zero-order valence-electron chi connectivity index (χ0n) is 17.8. The predicted octanol–water partition coefficient (Wildman–Crippen LogP) is 5.57. The van der Waals surface area contributed by atoms with Gasteiger partial charge in [-0.1, -0.05) is 23.7 Å². The first-order valence-electron chi connectivity index (χ1n) is 10.3. The molecule has 33 heavy (non-hydrogen) atoms. The summed E-state index contributed by atoms with van der Waals surface area (Å²) in [5, 5.41) is 10.7. The molecule has 0 saturated carbocycles. The molecule has 4 aromatic rings. The fourth-order valence-electron chi connectivity index (χ4n) is 4.45. The molecule has 2 aliphatic rings. The van der Waals surface area contributed by atoms with Crippen LogP contribution in [-0.4, -0.2) is 29.0 Å². The van der Waals surface area contributed by atoms with Gasteiger partial charge in [-0.15, -0.1) is 11.3 Å². The van der Waals surface area contributed by atoms with Gasteiger partial charge in [0.25, 0.3) is 0 Å². The van der Waals surface area contributed by atoms with Crippen molar-refractivity contribution in [2.75, 3.05) is 19.5 Å². The zero-order chi connectivity index (χ0) is 22.5. The van der Waals surface area contributed by atoms with E-state index in [1.54, 1.807) is 31.9 Å². The van der Waals surface area contributed by atoms with Crippen LogP contribution >= 0.6 is 22.9 Å². The first kappa shape index (κ1) is 20.1. The summed E-state index contributed by atoms with van der Waals surface area (Å²) in [5.74, 6) is 2.71. The van der Waals surface area contributed by atoms with E-state index in [0.717, 1.165) is 33.0 Å². The van der Waals surface area contributed by atoms with E-state index in [2.05, 4.69) is 26.8 Å². The Labute approximate surface area is 199 Å². The first-order valence-corrected chi connectivity index (χ1v) is 11.6. The lowest BCUT2D eigenvalue weighted by Gasteiger charge is -2.38. The molecule has 4 heterocycles. The molecule has 0 amide bonds. The summed E-state index contributed by atoms with van der Waals surface area (Å²) in [6.45, 7) is 0. The number of fused-ring (bicyclic) bond motifs is 3. The van der Waals surface area contributed by atoms with Crippen molar-refractivity contribution in [1.29, 1.82) is 0 Å². The third-order valence-corrected chi connectivity index (χ3v) is 7.06. The van der Waals surface area contributed by atoms with Crippen molar-refractivity contribution in [2.45, 2.75) is 12.1 Å². The topological polar surface area (TPSA) is 70.4 Å². The standard InChI is InChI=1S/C24H19ClN4O3S/c1-30-17-7-5-13(10-18(17)31-2)23-20-21(15-11-14(25)6-8-16(15)32-23)28-24-26-12-27-29(24)22(20)19-4-3-9-33-19/h3-12,22-23H,1-2H3,(H,26,27,28)/t22-,23-/m0/s1. The lowest BCUT2D eigenvalue weighted by Crippen LogP contribution is -2.32. The molecule has 6 rings (SSSR count). The molecule has 9 heteroatoms. The summed E-state index contributed by atoms with van der Waals surface area (Å²) >= 11 is 8.05. The minimum atomic E-state index is -0.398. The summed E-state index contributed by atoms with van der Waals surface area (Å²) in [6.07, 6.45) is 1.16. The largest absolute Gasteiger partial charge is 0.493 e. The van der Waals surface area contributed by atoms with E-state index in [1.165, 1.54) is 0 Å². The molecule has 2 aromatic heterocycles. The van der Waals surface area contributed by atoms with Crippen molar-refractivity contribution in [2.24, 2.45) is 0 Å². The lowest BCUT2D eigenvalue weighted by atomic mass is 9.87. The Hall–Kier alpha value is -3.49. The summed E-state index contributed by atoms with van der Waals surface area (Å²) in [5.41, 5.74) is 3.78. The number of ether oxygens (including phenoxy) is 3. The molecular weight excluding hydrogens is 460 g/mol. The van der Waals surface area contributed by atoms with Crippen LogP contribution in [-0.2, 0) is 0 Å². The average molecular weight is 479 g/mol. The van der Waals surface area contributed by atoms with Gasteiger partial charge in [-0.05, 0) is 41.8 Å². The van der Waals surface area contributed by atoms with Gasteiger partial charge in [0.15, 0.2) is 11.5 Å². The Morgan fingerprint density at radius 3 is 2.76 bits per heavy atom. The maximum atomic E-state index is 6.63. The Bertz CT molecular complexity index is 1380. The van der Waals surface area contributed by atoms with Gasteiger partial charge in [0.05, 0.1) is 19.9 Å². The molecule has 0 unspecified atom stereocenters. The van der Waals surface area contributed by atoms with Crippen LogP contribution in [0.5, 0.6) is 17.2 Å². The fraction of sp³-hybridized carbons (Fsp3) is 0.167. The van der Waals surface area contributed by atoms with Crippen molar-refractivity contribution >= 4 is 34.6 Å². The fourth-order valence-corrected chi connectivity index (χ4v) is 5.45. The SMILES string of the molecule is COc1ccc([C@@H]2Oc3ccc(Cl)cc3C3=C2[C@H](c2cccs2)n2ncnc2N3)cc1OC. The van der Waals surface area contributed by atoms with Gasteiger partial charge >= 0.3 is 0 Å². The third-order valence-electron chi connectivity index (χ3n) is 5.90. The van der Waals surface area contributed by atoms with Crippen LogP contribution in [0.2, 0.25) is 5.02 Å². The van der Waals surface area contributed by atoms with Gasteiger partial charge in [0.1, 0.15) is 24.2 Å². The molecule has 0 spiro atoms. The number of rotatable bonds is 4. The van der Waals surface area contributed by atoms with E-state index in [4.69, 9.17) is 25.8 Å². The molecule has 0 saturated heterocycles. The van der Waals surface area contributed by atoms with Crippen LogP contribution < -0.4 is 19.5 Å². The summed E-state index contributed by atoms with van der Waals surface area (Å²) in [4.78, 5) is 5.59. The van der Waals surface area contributed by atoms with Gasteiger partial charge in [0, 0.05) is 26.6 Å². The monoisotopic (exact) mass is 478 g/mol. The molecule has 2 atom stereocenters. The highest BCUT2D eigenvalue weighted by atomic mass is 35.5. The molecular formula is C24H19ClN4O3S. The van der Waals surface area contributed by atoms with Crippen LogP contribution in [0.25, 0.3) is 5.70 Å². The molecule has 0 aliphatic carbocycles. The summed E-state index contributed by atoms with van der Waals surface area (Å²) in [7, 11) is 3.25. The maximum Gasteiger partial charge on any atom is 0.226 e.